The molecule has 0 spiro atoms. The molecule has 63 heavy (non-hydrogen) atoms. The van der Waals surface area contributed by atoms with E-state index in [2.05, 4.69) is 241 Å². The third-order valence-corrected chi connectivity index (χ3v) is 13.5. The Labute approximate surface area is 370 Å². The SMILES string of the molecule is c1ccc(-c2ccc3c(c2)oc2ccc(N(c4ccc(-c5ccccc5-c5ccccc5)cc4)c4ccc(-c5ccccc5)c5sc6cc(-c7ccccc7)ccc6c45)cc23)cc1. The van der Waals surface area contributed by atoms with Crippen LogP contribution in [-0.4, -0.2) is 0 Å². The molecule has 3 heteroatoms. The quantitative estimate of drug-likeness (QED) is 0.152. The number of anilines is 3. The van der Waals surface area contributed by atoms with Gasteiger partial charge in [0, 0.05) is 42.3 Å². The zero-order valence-corrected chi connectivity index (χ0v) is 35.1. The van der Waals surface area contributed by atoms with E-state index in [1.807, 2.05) is 11.3 Å². The third kappa shape index (κ3) is 6.58. The van der Waals surface area contributed by atoms with Crippen LogP contribution in [0.15, 0.2) is 241 Å². The molecule has 2 nitrogen and oxygen atoms in total. The number of fused-ring (bicyclic) bond motifs is 6. The molecular weight excluding hydrogens is 783 g/mol. The van der Waals surface area contributed by atoms with Crippen LogP contribution in [0, 0.1) is 0 Å². The highest BCUT2D eigenvalue weighted by Crippen LogP contribution is 2.50. The van der Waals surface area contributed by atoms with Crippen molar-refractivity contribution < 1.29 is 4.42 Å². The van der Waals surface area contributed by atoms with Gasteiger partial charge in [0.15, 0.2) is 0 Å². The highest BCUT2D eigenvalue weighted by molar-refractivity contribution is 7.26. The Balaban J connectivity index is 1.07. The maximum absolute atomic E-state index is 6.58. The van der Waals surface area contributed by atoms with Crippen molar-refractivity contribution in [2.75, 3.05) is 4.90 Å². The Morgan fingerprint density at radius 2 is 0.825 bits per heavy atom. The van der Waals surface area contributed by atoms with Gasteiger partial charge in [-0.2, -0.15) is 0 Å². The van der Waals surface area contributed by atoms with Crippen molar-refractivity contribution in [1.82, 2.24) is 0 Å². The summed E-state index contributed by atoms with van der Waals surface area (Å²) in [7, 11) is 0. The van der Waals surface area contributed by atoms with Crippen molar-refractivity contribution in [2.24, 2.45) is 0 Å². The first-order valence-corrected chi connectivity index (χ1v) is 22.2. The van der Waals surface area contributed by atoms with Gasteiger partial charge in [0.05, 0.1) is 5.69 Å². The van der Waals surface area contributed by atoms with Crippen LogP contribution < -0.4 is 4.90 Å². The average molecular weight is 822 g/mol. The van der Waals surface area contributed by atoms with E-state index in [-0.39, 0.29) is 0 Å². The van der Waals surface area contributed by atoms with Gasteiger partial charge in [-0.05, 0) is 110 Å². The maximum Gasteiger partial charge on any atom is 0.136 e. The van der Waals surface area contributed by atoms with Crippen molar-refractivity contribution in [3.8, 4) is 55.6 Å². The van der Waals surface area contributed by atoms with Gasteiger partial charge in [-0.15, -0.1) is 11.3 Å². The Kier molecular flexibility index (Phi) is 9.06. The monoisotopic (exact) mass is 821 g/mol. The van der Waals surface area contributed by atoms with Crippen LogP contribution in [0.2, 0.25) is 0 Å². The second kappa shape index (κ2) is 15.5. The lowest BCUT2D eigenvalue weighted by atomic mass is 9.94. The lowest BCUT2D eigenvalue weighted by molar-refractivity contribution is 0.669. The van der Waals surface area contributed by atoms with E-state index in [1.54, 1.807) is 0 Å². The molecule has 296 valence electrons. The molecule has 0 aliphatic carbocycles. The van der Waals surface area contributed by atoms with E-state index >= 15 is 0 Å². The van der Waals surface area contributed by atoms with Gasteiger partial charge in [-0.1, -0.05) is 182 Å². The summed E-state index contributed by atoms with van der Waals surface area (Å²) in [5.41, 5.74) is 17.0. The fourth-order valence-electron chi connectivity index (χ4n) is 9.24. The van der Waals surface area contributed by atoms with Crippen LogP contribution in [0.5, 0.6) is 0 Å². The molecule has 0 N–H and O–H groups in total. The Morgan fingerprint density at radius 1 is 0.317 bits per heavy atom. The molecule has 0 unspecified atom stereocenters. The van der Waals surface area contributed by atoms with Gasteiger partial charge in [-0.3, -0.25) is 0 Å². The van der Waals surface area contributed by atoms with Gasteiger partial charge in [-0.25, -0.2) is 0 Å². The highest BCUT2D eigenvalue weighted by Gasteiger charge is 2.23. The van der Waals surface area contributed by atoms with Crippen LogP contribution in [0.3, 0.4) is 0 Å². The summed E-state index contributed by atoms with van der Waals surface area (Å²) in [5.74, 6) is 0. The fourth-order valence-corrected chi connectivity index (χ4v) is 10.5. The first-order chi connectivity index (χ1) is 31.2. The molecule has 0 radical (unpaired) electrons. The smallest absolute Gasteiger partial charge is 0.136 e. The standard InChI is InChI=1S/C60H39NOS/c1-5-15-40(16-6-1)45-27-32-52-54-39-48(31-36-56(54)62-57(52)37-45)61(47-29-25-44(26-30-47)50-24-14-13-23-49(50)42-19-9-3-10-20-42)55-35-34-51(43-21-11-4-12-22-43)60-59(55)53-33-28-46(38-58(53)63-60)41-17-7-2-8-18-41/h1-39H. The van der Waals surface area contributed by atoms with Crippen LogP contribution in [0.1, 0.15) is 0 Å². The Morgan fingerprint density at radius 3 is 1.46 bits per heavy atom. The number of benzene rings is 10. The molecule has 12 rings (SSSR count). The van der Waals surface area contributed by atoms with E-state index in [1.165, 1.54) is 70.2 Å². The third-order valence-electron chi connectivity index (χ3n) is 12.3. The minimum Gasteiger partial charge on any atom is -0.456 e. The molecular formula is C60H39NOS. The van der Waals surface area contributed by atoms with Crippen LogP contribution in [-0.2, 0) is 0 Å². The second-order valence-electron chi connectivity index (χ2n) is 16.0. The predicted molar refractivity (Wildman–Crippen MR) is 268 cm³/mol. The molecule has 0 bridgehead atoms. The molecule has 2 heterocycles. The summed E-state index contributed by atoms with van der Waals surface area (Å²) in [4.78, 5) is 2.44. The van der Waals surface area contributed by atoms with Gasteiger partial charge in [0.1, 0.15) is 11.2 Å². The summed E-state index contributed by atoms with van der Waals surface area (Å²) >= 11 is 1.88. The molecule has 0 aliphatic rings. The minimum absolute atomic E-state index is 0.866. The maximum atomic E-state index is 6.58. The fraction of sp³-hybridized carbons (Fsp3) is 0. The number of rotatable bonds is 8. The second-order valence-corrected chi connectivity index (χ2v) is 17.1. The molecule has 12 aromatic rings. The number of nitrogens with zero attached hydrogens (tertiary/aromatic N) is 1. The summed E-state index contributed by atoms with van der Waals surface area (Å²) in [6, 6.07) is 85.3. The van der Waals surface area contributed by atoms with E-state index < -0.39 is 0 Å². The average Bonchev–Trinajstić information content (AvgIpc) is 3.93. The largest absolute Gasteiger partial charge is 0.456 e. The summed E-state index contributed by atoms with van der Waals surface area (Å²) < 4.78 is 9.11. The van der Waals surface area contributed by atoms with E-state index in [0.29, 0.717) is 0 Å². The van der Waals surface area contributed by atoms with Gasteiger partial charge in [0.2, 0.25) is 0 Å². The zero-order valence-electron chi connectivity index (χ0n) is 34.3. The molecule has 10 aromatic carbocycles. The van der Waals surface area contributed by atoms with Crippen molar-refractivity contribution >= 4 is 70.5 Å². The molecule has 0 fully saturated rings. The lowest BCUT2D eigenvalue weighted by Crippen LogP contribution is -2.10. The summed E-state index contributed by atoms with van der Waals surface area (Å²) in [6.45, 7) is 0. The summed E-state index contributed by atoms with van der Waals surface area (Å²) in [6.07, 6.45) is 0. The zero-order chi connectivity index (χ0) is 41.7. The summed E-state index contributed by atoms with van der Waals surface area (Å²) in [5, 5.41) is 4.65. The van der Waals surface area contributed by atoms with Gasteiger partial charge >= 0.3 is 0 Å². The number of hydrogen-bond donors (Lipinski definition) is 0. The first kappa shape index (κ1) is 36.8. The topological polar surface area (TPSA) is 16.4 Å². The van der Waals surface area contributed by atoms with Gasteiger partial charge in [0.25, 0.3) is 0 Å². The number of hydrogen-bond acceptors (Lipinski definition) is 3. The minimum atomic E-state index is 0.866. The Hall–Kier alpha value is -7.98. The van der Waals surface area contributed by atoms with Crippen LogP contribution in [0.25, 0.3) is 97.7 Å². The van der Waals surface area contributed by atoms with Crippen molar-refractivity contribution in [3.05, 3.63) is 237 Å². The molecule has 0 aliphatic heterocycles. The highest BCUT2D eigenvalue weighted by atomic mass is 32.1. The van der Waals surface area contributed by atoms with Crippen molar-refractivity contribution in [3.63, 3.8) is 0 Å². The number of furan rings is 1. The number of thiophene rings is 1. The molecule has 0 saturated carbocycles. The van der Waals surface area contributed by atoms with Crippen molar-refractivity contribution in [1.29, 1.82) is 0 Å². The lowest BCUT2D eigenvalue weighted by Gasteiger charge is -2.27. The van der Waals surface area contributed by atoms with Gasteiger partial charge < -0.3 is 9.32 Å². The van der Waals surface area contributed by atoms with Crippen LogP contribution in [0.4, 0.5) is 17.1 Å². The molecule has 0 amide bonds. The van der Waals surface area contributed by atoms with E-state index in [4.69, 9.17) is 4.42 Å². The van der Waals surface area contributed by atoms with Crippen LogP contribution >= 0.6 is 11.3 Å². The molecule has 0 atom stereocenters. The Bertz CT molecular complexity index is 3590. The van der Waals surface area contributed by atoms with E-state index in [0.717, 1.165) is 44.6 Å². The molecule has 0 saturated heterocycles. The predicted octanol–water partition coefficient (Wildman–Crippen LogP) is 17.8. The van der Waals surface area contributed by atoms with E-state index in [9.17, 15) is 0 Å². The molecule has 2 aromatic heterocycles. The van der Waals surface area contributed by atoms with Crippen molar-refractivity contribution in [2.45, 2.75) is 0 Å². The first-order valence-electron chi connectivity index (χ1n) is 21.4. The normalized spacial score (nSPS) is 11.5.